The minimum absolute atomic E-state index is 0.389. The van der Waals surface area contributed by atoms with Gasteiger partial charge in [0.25, 0.3) is 0 Å². The zero-order valence-electron chi connectivity index (χ0n) is 10.6. The van der Waals surface area contributed by atoms with E-state index in [2.05, 4.69) is 0 Å². The minimum atomic E-state index is -0.869. The molecule has 0 radical (unpaired) electrons. The van der Waals surface area contributed by atoms with Gasteiger partial charge in [0.1, 0.15) is 0 Å². The standard InChI is InChI=1S/C16H14O3/c17-16(18)13-10-15(11-6-2-1-3-7-11)19-14-9-5-4-8-12(13)14/h1-3,6-7,10H,4-5,8-9H2/p+1. The smallest absolute Gasteiger partial charge is 0.361 e. The summed E-state index contributed by atoms with van der Waals surface area (Å²) >= 11 is 0. The van der Waals surface area contributed by atoms with E-state index in [-0.39, 0.29) is 0 Å². The van der Waals surface area contributed by atoms with Gasteiger partial charge in [-0.2, -0.15) is 0 Å². The summed E-state index contributed by atoms with van der Waals surface area (Å²) in [5.41, 5.74) is 2.18. The van der Waals surface area contributed by atoms with Crippen LogP contribution in [0.3, 0.4) is 0 Å². The predicted octanol–water partition coefficient (Wildman–Crippen LogP) is 3.80. The van der Waals surface area contributed by atoms with Crippen molar-refractivity contribution in [3.63, 3.8) is 0 Å². The van der Waals surface area contributed by atoms with Gasteiger partial charge in [-0.3, -0.25) is 0 Å². The summed E-state index contributed by atoms with van der Waals surface area (Å²) in [7, 11) is 0. The number of hydrogen-bond acceptors (Lipinski definition) is 1. The Morgan fingerprint density at radius 3 is 2.58 bits per heavy atom. The molecule has 19 heavy (non-hydrogen) atoms. The number of carboxylic acids is 1. The Bertz CT molecular complexity index is 617. The molecule has 1 aromatic heterocycles. The molecule has 0 fully saturated rings. The Hall–Kier alpha value is -2.16. The number of benzene rings is 1. The molecule has 1 N–H and O–H groups in total. The van der Waals surface area contributed by atoms with Crippen LogP contribution < -0.4 is 0 Å². The van der Waals surface area contributed by atoms with E-state index in [9.17, 15) is 9.90 Å². The number of fused-ring (bicyclic) bond motifs is 1. The van der Waals surface area contributed by atoms with Crippen LogP contribution in [0.25, 0.3) is 11.3 Å². The second-order valence-electron chi connectivity index (χ2n) is 4.80. The molecule has 3 nitrogen and oxygen atoms in total. The SMILES string of the molecule is O=C(O)c1cc(-c2ccccc2)[o+]c2c1CCCC2. The van der Waals surface area contributed by atoms with Crippen LogP contribution in [0.5, 0.6) is 0 Å². The maximum atomic E-state index is 11.4. The van der Waals surface area contributed by atoms with Crippen LogP contribution in [0.4, 0.5) is 0 Å². The van der Waals surface area contributed by atoms with Gasteiger partial charge in [-0.1, -0.05) is 18.2 Å². The van der Waals surface area contributed by atoms with E-state index in [1.165, 1.54) is 0 Å². The summed E-state index contributed by atoms with van der Waals surface area (Å²) < 4.78 is 5.91. The summed E-state index contributed by atoms with van der Waals surface area (Å²) in [5.74, 6) is 0.606. The molecule has 1 aliphatic rings. The average Bonchev–Trinajstić information content (AvgIpc) is 2.47. The number of rotatable bonds is 2. The van der Waals surface area contributed by atoms with Gasteiger partial charge in [0.05, 0.1) is 29.2 Å². The third kappa shape index (κ3) is 2.24. The molecule has 0 aliphatic heterocycles. The lowest BCUT2D eigenvalue weighted by Crippen LogP contribution is -2.10. The second-order valence-corrected chi connectivity index (χ2v) is 4.80. The second kappa shape index (κ2) is 4.84. The van der Waals surface area contributed by atoms with Crippen molar-refractivity contribution in [3.05, 3.63) is 53.3 Å². The highest BCUT2D eigenvalue weighted by molar-refractivity contribution is 5.90. The van der Waals surface area contributed by atoms with Crippen LogP contribution in [0.15, 0.2) is 40.8 Å². The van der Waals surface area contributed by atoms with Crippen LogP contribution in [-0.4, -0.2) is 11.1 Å². The monoisotopic (exact) mass is 255 g/mol. The molecule has 0 saturated heterocycles. The quantitative estimate of drug-likeness (QED) is 0.830. The number of hydrogen-bond donors (Lipinski definition) is 1. The topological polar surface area (TPSA) is 48.6 Å². The van der Waals surface area contributed by atoms with Crippen molar-refractivity contribution in [1.29, 1.82) is 0 Å². The fourth-order valence-corrected chi connectivity index (χ4v) is 2.59. The van der Waals surface area contributed by atoms with Crippen molar-refractivity contribution in [2.24, 2.45) is 0 Å². The Labute approximate surface area is 111 Å². The molecular formula is C16H15O3+. The minimum Gasteiger partial charge on any atom is -0.478 e. The number of carboxylic acid groups (broad SMARTS) is 1. The molecule has 3 rings (SSSR count). The van der Waals surface area contributed by atoms with Crippen molar-refractivity contribution in [3.8, 4) is 11.3 Å². The molecule has 96 valence electrons. The van der Waals surface area contributed by atoms with Crippen molar-refractivity contribution in [2.75, 3.05) is 0 Å². The molecule has 2 aromatic rings. The van der Waals surface area contributed by atoms with Gasteiger partial charge in [0.15, 0.2) is 0 Å². The number of aryl methyl sites for hydroxylation is 1. The summed E-state index contributed by atoms with van der Waals surface area (Å²) in [5, 5.41) is 9.37. The Kier molecular flexibility index (Phi) is 3.03. The molecule has 0 spiro atoms. The van der Waals surface area contributed by atoms with Crippen molar-refractivity contribution in [2.45, 2.75) is 25.7 Å². The van der Waals surface area contributed by atoms with E-state index < -0.39 is 5.97 Å². The zero-order chi connectivity index (χ0) is 13.2. The van der Waals surface area contributed by atoms with E-state index in [4.69, 9.17) is 4.42 Å². The first-order chi connectivity index (χ1) is 9.25. The fourth-order valence-electron chi connectivity index (χ4n) is 2.59. The lowest BCUT2D eigenvalue weighted by molar-refractivity contribution is 0.0694. The third-order valence-electron chi connectivity index (χ3n) is 3.54. The van der Waals surface area contributed by atoms with Crippen molar-refractivity contribution in [1.82, 2.24) is 0 Å². The van der Waals surface area contributed by atoms with Crippen molar-refractivity contribution < 1.29 is 14.3 Å². The summed E-state index contributed by atoms with van der Waals surface area (Å²) in [6.45, 7) is 0. The largest absolute Gasteiger partial charge is 0.478 e. The Morgan fingerprint density at radius 2 is 1.84 bits per heavy atom. The molecule has 1 aromatic carbocycles. The Morgan fingerprint density at radius 1 is 1.11 bits per heavy atom. The third-order valence-corrected chi connectivity index (χ3v) is 3.54. The van der Waals surface area contributed by atoms with Gasteiger partial charge in [0.2, 0.25) is 0 Å². The molecule has 3 heteroatoms. The highest BCUT2D eigenvalue weighted by atomic mass is 16.4. The molecule has 0 saturated carbocycles. The number of carbonyl (C=O) groups is 1. The van der Waals surface area contributed by atoms with Crippen LogP contribution in [-0.2, 0) is 12.8 Å². The maximum Gasteiger partial charge on any atom is 0.361 e. The van der Waals surface area contributed by atoms with E-state index in [0.717, 1.165) is 42.6 Å². The fraction of sp³-hybridized carbons (Fsp3) is 0.250. The zero-order valence-corrected chi connectivity index (χ0v) is 10.6. The number of aromatic carboxylic acids is 1. The van der Waals surface area contributed by atoms with Crippen LogP contribution in [0.1, 0.15) is 34.5 Å². The summed E-state index contributed by atoms with van der Waals surface area (Å²) in [6, 6.07) is 11.3. The van der Waals surface area contributed by atoms with Gasteiger partial charge in [-0.15, -0.1) is 0 Å². The van der Waals surface area contributed by atoms with Gasteiger partial charge < -0.3 is 5.11 Å². The lowest BCUT2D eigenvalue weighted by atomic mass is 9.92. The summed E-state index contributed by atoms with van der Waals surface area (Å²) in [6.07, 6.45) is 3.73. The molecule has 0 bridgehead atoms. The molecule has 0 amide bonds. The van der Waals surface area contributed by atoms with Gasteiger partial charge in [-0.25, -0.2) is 9.21 Å². The van der Waals surface area contributed by atoms with Crippen molar-refractivity contribution >= 4 is 5.97 Å². The normalized spacial score (nSPS) is 13.9. The Balaban J connectivity index is 2.17. The van der Waals surface area contributed by atoms with Crippen LogP contribution in [0.2, 0.25) is 0 Å². The van der Waals surface area contributed by atoms with Gasteiger partial charge in [0, 0.05) is 0 Å². The van der Waals surface area contributed by atoms with E-state index in [0.29, 0.717) is 11.3 Å². The predicted molar refractivity (Wildman–Crippen MR) is 72.2 cm³/mol. The molecule has 0 atom stereocenters. The summed E-state index contributed by atoms with van der Waals surface area (Å²) in [4.78, 5) is 11.4. The van der Waals surface area contributed by atoms with E-state index in [1.807, 2.05) is 30.3 Å². The molecule has 1 heterocycles. The lowest BCUT2D eigenvalue weighted by Gasteiger charge is -2.10. The van der Waals surface area contributed by atoms with Crippen LogP contribution >= 0.6 is 0 Å². The first-order valence-electron chi connectivity index (χ1n) is 6.53. The highest BCUT2D eigenvalue weighted by Crippen LogP contribution is 2.30. The van der Waals surface area contributed by atoms with Gasteiger partial charge >= 0.3 is 17.5 Å². The highest BCUT2D eigenvalue weighted by Gasteiger charge is 2.29. The molecule has 1 aliphatic carbocycles. The van der Waals surface area contributed by atoms with Crippen LogP contribution in [0, 0.1) is 0 Å². The van der Waals surface area contributed by atoms with E-state index in [1.54, 1.807) is 6.07 Å². The first-order valence-corrected chi connectivity index (χ1v) is 6.53. The molecular weight excluding hydrogens is 240 g/mol. The van der Waals surface area contributed by atoms with Gasteiger partial charge in [-0.05, 0) is 31.4 Å². The van der Waals surface area contributed by atoms with E-state index >= 15 is 0 Å². The first kappa shape index (κ1) is 11.9. The average molecular weight is 255 g/mol. The molecule has 0 unspecified atom stereocenters. The maximum absolute atomic E-state index is 11.4.